The SMILES string of the molecule is Cc1cc(F)c(N)cc1S(=O)(=O)N1C[C@@H](O)[C@@H](O)C1. The number of anilines is 1. The summed E-state index contributed by atoms with van der Waals surface area (Å²) in [4.78, 5) is -0.118. The fraction of sp³-hybridized carbons (Fsp3) is 0.455. The second-order valence-corrected chi connectivity index (χ2v) is 6.50. The summed E-state index contributed by atoms with van der Waals surface area (Å²) in [7, 11) is -3.91. The highest BCUT2D eigenvalue weighted by molar-refractivity contribution is 7.89. The number of nitrogens with zero attached hydrogens (tertiary/aromatic N) is 1. The Morgan fingerprint density at radius 2 is 1.84 bits per heavy atom. The molecule has 0 bridgehead atoms. The van der Waals surface area contributed by atoms with Crippen molar-refractivity contribution in [1.82, 2.24) is 4.31 Å². The number of hydrogen-bond donors (Lipinski definition) is 3. The molecule has 106 valence electrons. The van der Waals surface area contributed by atoms with Crippen LogP contribution >= 0.6 is 0 Å². The van der Waals surface area contributed by atoms with Crippen molar-refractivity contribution in [2.24, 2.45) is 0 Å². The smallest absolute Gasteiger partial charge is 0.243 e. The van der Waals surface area contributed by atoms with Crippen molar-refractivity contribution < 1.29 is 23.0 Å². The number of halogens is 1. The van der Waals surface area contributed by atoms with Gasteiger partial charge in [0.2, 0.25) is 10.0 Å². The molecule has 1 aromatic rings. The lowest BCUT2D eigenvalue weighted by Crippen LogP contribution is -2.30. The number of nitrogen functional groups attached to an aromatic ring is 1. The first-order valence-corrected chi connectivity index (χ1v) is 7.09. The molecule has 0 spiro atoms. The quantitative estimate of drug-likeness (QED) is 0.634. The first-order chi connectivity index (χ1) is 8.73. The van der Waals surface area contributed by atoms with E-state index in [2.05, 4.69) is 0 Å². The van der Waals surface area contributed by atoms with Crippen LogP contribution in [0.4, 0.5) is 10.1 Å². The summed E-state index contributed by atoms with van der Waals surface area (Å²) < 4.78 is 38.9. The van der Waals surface area contributed by atoms with Gasteiger partial charge in [0.25, 0.3) is 0 Å². The fourth-order valence-electron chi connectivity index (χ4n) is 2.02. The minimum absolute atomic E-state index is 0.118. The topological polar surface area (TPSA) is 104 Å². The van der Waals surface area contributed by atoms with Crippen LogP contribution in [0, 0.1) is 12.7 Å². The average Bonchev–Trinajstić information content (AvgIpc) is 2.65. The third kappa shape index (κ3) is 2.44. The number of nitrogens with two attached hydrogens (primary N) is 1. The summed E-state index contributed by atoms with van der Waals surface area (Å²) in [5.41, 5.74) is 5.35. The Balaban J connectivity index is 2.43. The van der Waals surface area contributed by atoms with Crippen molar-refractivity contribution >= 4 is 15.7 Å². The molecular formula is C11H15FN2O4S. The summed E-state index contributed by atoms with van der Waals surface area (Å²) in [5.74, 6) is -0.682. The maximum Gasteiger partial charge on any atom is 0.243 e. The van der Waals surface area contributed by atoms with Gasteiger partial charge >= 0.3 is 0 Å². The molecule has 1 aromatic carbocycles. The van der Waals surface area contributed by atoms with Crippen molar-refractivity contribution in [2.75, 3.05) is 18.8 Å². The van der Waals surface area contributed by atoms with Crippen LogP contribution in [0.15, 0.2) is 17.0 Å². The van der Waals surface area contributed by atoms with Gasteiger partial charge in [0.05, 0.1) is 22.8 Å². The molecule has 0 radical (unpaired) electrons. The van der Waals surface area contributed by atoms with E-state index in [1.807, 2.05) is 0 Å². The lowest BCUT2D eigenvalue weighted by molar-refractivity contribution is 0.0572. The zero-order chi connectivity index (χ0) is 14.4. The van der Waals surface area contributed by atoms with Crippen LogP contribution < -0.4 is 5.73 Å². The van der Waals surface area contributed by atoms with Crippen LogP contribution in [0.3, 0.4) is 0 Å². The highest BCUT2D eigenvalue weighted by atomic mass is 32.2. The number of aliphatic hydroxyl groups excluding tert-OH is 2. The average molecular weight is 290 g/mol. The van der Waals surface area contributed by atoms with Crippen molar-refractivity contribution in [3.8, 4) is 0 Å². The molecule has 19 heavy (non-hydrogen) atoms. The number of rotatable bonds is 2. The predicted octanol–water partition coefficient (Wildman–Crippen LogP) is -0.558. The van der Waals surface area contributed by atoms with E-state index in [1.165, 1.54) is 6.92 Å². The third-order valence-electron chi connectivity index (χ3n) is 3.14. The summed E-state index contributed by atoms with van der Waals surface area (Å²) in [5, 5.41) is 18.8. The molecule has 8 heteroatoms. The predicted molar refractivity (Wildman–Crippen MR) is 66.3 cm³/mol. The Labute approximate surface area is 110 Å². The Morgan fingerprint density at radius 3 is 2.37 bits per heavy atom. The van der Waals surface area contributed by atoms with Gasteiger partial charge in [-0.1, -0.05) is 0 Å². The van der Waals surface area contributed by atoms with E-state index in [9.17, 15) is 23.0 Å². The van der Waals surface area contributed by atoms with Crippen molar-refractivity contribution in [1.29, 1.82) is 0 Å². The van der Waals surface area contributed by atoms with E-state index in [0.717, 1.165) is 16.4 Å². The first kappa shape index (κ1) is 14.2. The number of benzene rings is 1. The van der Waals surface area contributed by atoms with Crippen molar-refractivity contribution in [2.45, 2.75) is 24.0 Å². The largest absolute Gasteiger partial charge is 0.396 e. The van der Waals surface area contributed by atoms with Gasteiger partial charge in [-0.25, -0.2) is 12.8 Å². The van der Waals surface area contributed by atoms with E-state index in [4.69, 9.17) is 5.73 Å². The van der Waals surface area contributed by atoms with Crippen LogP contribution in [-0.2, 0) is 10.0 Å². The van der Waals surface area contributed by atoms with Crippen LogP contribution in [0.25, 0.3) is 0 Å². The lowest BCUT2D eigenvalue weighted by Gasteiger charge is -2.17. The standard InChI is InChI=1S/C11H15FN2O4S/c1-6-2-7(12)8(13)3-11(6)19(17,18)14-4-9(15)10(16)5-14/h2-3,9-10,15-16H,4-5,13H2,1H3/t9-,10+. The van der Waals surface area contributed by atoms with Gasteiger partial charge in [-0.15, -0.1) is 0 Å². The van der Waals surface area contributed by atoms with E-state index >= 15 is 0 Å². The molecule has 6 nitrogen and oxygen atoms in total. The minimum Gasteiger partial charge on any atom is -0.396 e. The zero-order valence-electron chi connectivity index (χ0n) is 10.2. The minimum atomic E-state index is -3.91. The molecule has 0 aliphatic carbocycles. The van der Waals surface area contributed by atoms with Gasteiger partial charge in [-0.3, -0.25) is 0 Å². The molecule has 1 heterocycles. The van der Waals surface area contributed by atoms with E-state index < -0.39 is 28.0 Å². The van der Waals surface area contributed by atoms with Crippen molar-refractivity contribution in [3.05, 3.63) is 23.5 Å². The van der Waals surface area contributed by atoms with Gasteiger partial charge in [0.15, 0.2) is 0 Å². The Kier molecular flexibility index (Phi) is 3.52. The monoisotopic (exact) mass is 290 g/mol. The second kappa shape index (κ2) is 4.71. The first-order valence-electron chi connectivity index (χ1n) is 5.65. The summed E-state index contributed by atoms with van der Waals surface area (Å²) >= 11 is 0. The Bertz CT molecular complexity index is 595. The molecule has 1 saturated heterocycles. The summed E-state index contributed by atoms with van der Waals surface area (Å²) in [6.45, 7) is 1.07. The van der Waals surface area contributed by atoms with Crippen LogP contribution in [0.1, 0.15) is 5.56 Å². The van der Waals surface area contributed by atoms with Gasteiger partial charge in [0.1, 0.15) is 5.82 Å². The number of β-amino-alcohol motifs (C(OH)–C–C–N with tert-alkyl or cyclic N) is 2. The Morgan fingerprint density at radius 1 is 1.32 bits per heavy atom. The molecule has 1 aliphatic heterocycles. The number of aryl methyl sites for hydroxylation is 1. The highest BCUT2D eigenvalue weighted by Gasteiger charge is 2.38. The molecule has 0 unspecified atom stereocenters. The van der Waals surface area contributed by atoms with Gasteiger partial charge in [-0.05, 0) is 24.6 Å². The van der Waals surface area contributed by atoms with Gasteiger partial charge < -0.3 is 15.9 Å². The molecule has 1 aliphatic rings. The number of sulfonamides is 1. The lowest BCUT2D eigenvalue weighted by atomic mass is 10.2. The molecule has 4 N–H and O–H groups in total. The fourth-order valence-corrected chi connectivity index (χ4v) is 3.73. The van der Waals surface area contributed by atoms with Gasteiger partial charge in [-0.2, -0.15) is 4.31 Å². The molecule has 0 aromatic heterocycles. The van der Waals surface area contributed by atoms with E-state index in [0.29, 0.717) is 0 Å². The summed E-state index contributed by atoms with van der Waals surface area (Å²) in [6.07, 6.45) is -2.24. The normalized spacial score (nSPS) is 24.8. The maximum absolute atomic E-state index is 13.2. The molecule has 0 saturated carbocycles. The van der Waals surface area contributed by atoms with Crippen LogP contribution in [-0.4, -0.2) is 48.2 Å². The highest BCUT2D eigenvalue weighted by Crippen LogP contribution is 2.27. The van der Waals surface area contributed by atoms with E-state index in [1.54, 1.807) is 0 Å². The number of aliphatic hydroxyl groups is 2. The van der Waals surface area contributed by atoms with Crippen LogP contribution in [0.5, 0.6) is 0 Å². The van der Waals surface area contributed by atoms with Crippen molar-refractivity contribution in [3.63, 3.8) is 0 Å². The van der Waals surface area contributed by atoms with Gasteiger partial charge in [0, 0.05) is 13.1 Å². The molecule has 2 atom stereocenters. The Hall–Kier alpha value is -1.22. The molecule has 0 amide bonds. The zero-order valence-corrected chi connectivity index (χ0v) is 11.1. The molecular weight excluding hydrogens is 275 g/mol. The second-order valence-electron chi connectivity index (χ2n) is 4.60. The number of hydrogen-bond acceptors (Lipinski definition) is 5. The molecule has 1 fully saturated rings. The summed E-state index contributed by atoms with van der Waals surface area (Å²) in [6, 6.07) is 2.10. The maximum atomic E-state index is 13.2. The molecule has 2 rings (SSSR count). The van der Waals surface area contributed by atoms with Crippen LogP contribution in [0.2, 0.25) is 0 Å². The third-order valence-corrected chi connectivity index (χ3v) is 5.11. The van der Waals surface area contributed by atoms with E-state index in [-0.39, 0.29) is 29.2 Å².